The molecule has 27 heavy (non-hydrogen) atoms. The minimum absolute atomic E-state index is 1.43. The third kappa shape index (κ3) is 3.96. The van der Waals surface area contributed by atoms with Crippen LogP contribution in [-0.4, -0.2) is 23.3 Å². The van der Waals surface area contributed by atoms with E-state index in [-0.39, 0.29) is 0 Å². The standard InChI is InChI=1S/C24H32Si3/c1-25(2,22-15-9-6-10-16-22)21-26(3,4)27(5,23-17-11-7-12-18-23)24-19-13-8-14-20-24/h6-20H,21H2,1-5H3. The second-order valence-corrected chi connectivity index (χ2v) is 29.2. The average Bonchev–Trinajstić information content (AvgIpc) is 2.68. The van der Waals surface area contributed by atoms with Crippen molar-refractivity contribution in [2.24, 2.45) is 0 Å². The largest absolute Gasteiger partial charge is 0.107 e. The van der Waals surface area contributed by atoms with Gasteiger partial charge in [-0.05, 0) is 0 Å². The second kappa shape index (κ2) is 7.74. The van der Waals surface area contributed by atoms with Crippen molar-refractivity contribution in [3.63, 3.8) is 0 Å². The maximum absolute atomic E-state index is 2.66. The summed E-state index contributed by atoms with van der Waals surface area (Å²) in [7, 11) is -4.85. The number of hydrogen-bond donors (Lipinski definition) is 0. The van der Waals surface area contributed by atoms with Gasteiger partial charge in [-0.1, -0.05) is 145 Å². The first-order valence-corrected chi connectivity index (χ1v) is 19.9. The Bertz CT molecular complexity index is 816. The molecule has 3 aromatic carbocycles. The summed E-state index contributed by atoms with van der Waals surface area (Å²) >= 11 is 0. The molecule has 0 atom stereocenters. The van der Waals surface area contributed by atoms with Gasteiger partial charge in [-0.2, -0.15) is 0 Å². The molecule has 0 aromatic heterocycles. The molecule has 0 saturated carbocycles. The molecule has 0 aliphatic carbocycles. The van der Waals surface area contributed by atoms with Gasteiger partial charge in [0.25, 0.3) is 0 Å². The summed E-state index contributed by atoms with van der Waals surface area (Å²) < 4.78 is 0. The lowest BCUT2D eigenvalue weighted by Gasteiger charge is -2.45. The Morgan fingerprint density at radius 2 is 0.815 bits per heavy atom. The number of benzene rings is 3. The van der Waals surface area contributed by atoms with Crippen molar-refractivity contribution in [2.75, 3.05) is 0 Å². The highest BCUT2D eigenvalue weighted by Gasteiger charge is 2.50. The van der Waals surface area contributed by atoms with Gasteiger partial charge in [0.2, 0.25) is 0 Å². The van der Waals surface area contributed by atoms with Crippen LogP contribution in [0.2, 0.25) is 38.4 Å². The summed E-state index contributed by atoms with van der Waals surface area (Å²) in [6.45, 7) is 13.1. The first-order valence-electron chi connectivity index (χ1n) is 9.94. The molecule has 0 fully saturated rings. The number of hydrogen-bond acceptors (Lipinski definition) is 0. The van der Waals surface area contributed by atoms with Crippen LogP contribution in [0.1, 0.15) is 0 Å². The van der Waals surface area contributed by atoms with Crippen molar-refractivity contribution in [2.45, 2.75) is 38.4 Å². The molecule has 0 amide bonds. The Kier molecular flexibility index (Phi) is 5.75. The van der Waals surface area contributed by atoms with Gasteiger partial charge in [-0.25, -0.2) is 0 Å². The summed E-state index contributed by atoms with van der Waals surface area (Å²) in [5, 5.41) is 4.81. The molecule has 3 rings (SSSR count). The Hall–Kier alpha value is -1.69. The summed E-state index contributed by atoms with van der Waals surface area (Å²) in [5.74, 6) is 0. The van der Waals surface area contributed by atoms with Gasteiger partial charge in [0.05, 0.1) is 8.07 Å². The molecular formula is C24H32Si3. The van der Waals surface area contributed by atoms with E-state index in [1.165, 1.54) is 5.67 Å². The van der Waals surface area contributed by atoms with E-state index in [9.17, 15) is 0 Å². The van der Waals surface area contributed by atoms with Gasteiger partial charge in [0.15, 0.2) is 0 Å². The van der Waals surface area contributed by atoms with Crippen LogP contribution in [0.3, 0.4) is 0 Å². The van der Waals surface area contributed by atoms with E-state index in [1.807, 2.05) is 0 Å². The minimum Gasteiger partial charge on any atom is -0.0709 e. The predicted molar refractivity (Wildman–Crippen MR) is 130 cm³/mol. The zero-order valence-electron chi connectivity index (χ0n) is 17.4. The Morgan fingerprint density at radius 1 is 0.481 bits per heavy atom. The maximum Gasteiger partial charge on any atom is 0.107 e. The van der Waals surface area contributed by atoms with Gasteiger partial charge < -0.3 is 0 Å². The maximum atomic E-state index is 2.66. The quantitative estimate of drug-likeness (QED) is 0.517. The topological polar surface area (TPSA) is 0 Å². The molecule has 0 unspecified atom stereocenters. The molecule has 0 N–H and O–H groups in total. The number of rotatable bonds is 6. The van der Waals surface area contributed by atoms with E-state index >= 15 is 0 Å². The average molecular weight is 405 g/mol. The molecule has 0 bridgehead atoms. The molecule has 3 aromatic rings. The fraction of sp³-hybridized carbons (Fsp3) is 0.250. The van der Waals surface area contributed by atoms with Crippen LogP contribution in [-0.2, 0) is 0 Å². The summed E-state index contributed by atoms with van der Waals surface area (Å²) in [6.07, 6.45) is 0. The van der Waals surface area contributed by atoms with Crippen molar-refractivity contribution in [3.05, 3.63) is 91.0 Å². The van der Waals surface area contributed by atoms with Gasteiger partial charge >= 0.3 is 0 Å². The molecule has 0 saturated heterocycles. The Labute approximate surface area is 168 Å². The van der Waals surface area contributed by atoms with Crippen molar-refractivity contribution in [3.8, 4) is 0 Å². The molecule has 0 radical (unpaired) electrons. The molecule has 0 spiro atoms. The van der Waals surface area contributed by atoms with Crippen molar-refractivity contribution in [1.82, 2.24) is 0 Å². The van der Waals surface area contributed by atoms with E-state index < -0.39 is 23.3 Å². The summed E-state index contributed by atoms with van der Waals surface area (Å²) in [4.78, 5) is 0. The fourth-order valence-electron chi connectivity index (χ4n) is 4.76. The first kappa shape index (κ1) is 20.1. The van der Waals surface area contributed by atoms with Crippen LogP contribution < -0.4 is 15.6 Å². The normalized spacial score (nSPS) is 12.8. The smallest absolute Gasteiger partial charge is 0.0709 e. The zero-order chi connectivity index (χ0) is 19.5. The monoisotopic (exact) mass is 404 g/mol. The van der Waals surface area contributed by atoms with Crippen LogP contribution in [0.15, 0.2) is 91.0 Å². The minimum atomic E-state index is -1.80. The summed E-state index contributed by atoms with van der Waals surface area (Å²) in [5.41, 5.74) is 1.43. The first-order chi connectivity index (χ1) is 12.8. The van der Waals surface area contributed by atoms with Gasteiger partial charge in [0, 0.05) is 7.59 Å². The van der Waals surface area contributed by atoms with Crippen LogP contribution in [0.25, 0.3) is 0 Å². The van der Waals surface area contributed by atoms with Crippen LogP contribution in [0.4, 0.5) is 0 Å². The van der Waals surface area contributed by atoms with E-state index in [1.54, 1.807) is 15.6 Å². The SMILES string of the molecule is C[Si](C)(C[Si](C)(C)[Si](C)(c1ccccc1)c1ccccc1)c1ccccc1. The van der Waals surface area contributed by atoms with E-state index in [2.05, 4.69) is 124 Å². The third-order valence-electron chi connectivity index (χ3n) is 6.49. The van der Waals surface area contributed by atoms with E-state index in [0.717, 1.165) is 0 Å². The van der Waals surface area contributed by atoms with Gasteiger partial charge in [-0.3, -0.25) is 0 Å². The highest BCUT2D eigenvalue weighted by molar-refractivity contribution is 7.52. The highest BCUT2D eigenvalue weighted by atomic mass is 29.3. The van der Waals surface area contributed by atoms with E-state index in [4.69, 9.17) is 0 Å². The lowest BCUT2D eigenvalue weighted by molar-refractivity contribution is 1.56. The third-order valence-corrected chi connectivity index (χ3v) is 32.6. The van der Waals surface area contributed by atoms with Gasteiger partial charge in [-0.15, -0.1) is 0 Å². The van der Waals surface area contributed by atoms with Crippen molar-refractivity contribution in [1.29, 1.82) is 0 Å². The highest BCUT2D eigenvalue weighted by Crippen LogP contribution is 2.28. The van der Waals surface area contributed by atoms with Crippen molar-refractivity contribution >= 4 is 38.8 Å². The molecule has 0 aliphatic heterocycles. The molecule has 140 valence electrons. The summed E-state index contributed by atoms with van der Waals surface area (Å²) in [6, 6.07) is 34.1. The van der Waals surface area contributed by atoms with E-state index in [0.29, 0.717) is 0 Å². The molecular weight excluding hydrogens is 373 g/mol. The molecule has 0 aliphatic rings. The predicted octanol–water partition coefficient (Wildman–Crippen LogP) is 4.82. The lowest BCUT2D eigenvalue weighted by atomic mass is 10.4. The lowest BCUT2D eigenvalue weighted by Crippen LogP contribution is -2.74. The molecule has 3 heteroatoms. The second-order valence-electron chi connectivity index (χ2n) is 9.17. The van der Waals surface area contributed by atoms with Crippen LogP contribution in [0.5, 0.6) is 0 Å². The molecule has 0 heterocycles. The zero-order valence-corrected chi connectivity index (χ0v) is 20.4. The molecule has 0 nitrogen and oxygen atoms in total. The Morgan fingerprint density at radius 3 is 1.19 bits per heavy atom. The Balaban J connectivity index is 2.09. The van der Waals surface area contributed by atoms with Crippen molar-refractivity contribution < 1.29 is 0 Å². The van der Waals surface area contributed by atoms with Crippen LogP contribution >= 0.6 is 0 Å². The van der Waals surface area contributed by atoms with Gasteiger partial charge in [0.1, 0.15) is 7.59 Å². The fourth-order valence-corrected chi connectivity index (χ4v) is 33.4. The van der Waals surface area contributed by atoms with Crippen LogP contribution in [0, 0.1) is 0 Å².